The summed E-state index contributed by atoms with van der Waals surface area (Å²) in [6, 6.07) is 0. The predicted molar refractivity (Wildman–Crippen MR) is 92.6 cm³/mol. The summed E-state index contributed by atoms with van der Waals surface area (Å²) < 4.78 is 0. The summed E-state index contributed by atoms with van der Waals surface area (Å²) >= 11 is 0. The van der Waals surface area contributed by atoms with Crippen molar-refractivity contribution in [2.24, 2.45) is 11.8 Å². The Balaban J connectivity index is 1.71. The number of hydrogen-bond donors (Lipinski definition) is 2. The summed E-state index contributed by atoms with van der Waals surface area (Å²) in [4.78, 5) is 0. The molecule has 2 rings (SSSR count). The van der Waals surface area contributed by atoms with Gasteiger partial charge in [-0.05, 0) is 92.0 Å². The van der Waals surface area contributed by atoms with Gasteiger partial charge in [0.2, 0.25) is 0 Å². The third-order valence-corrected chi connectivity index (χ3v) is 4.93. The first-order valence-corrected chi connectivity index (χ1v) is 8.84. The lowest BCUT2D eigenvalue weighted by Crippen LogP contribution is -2.37. The molecule has 122 valence electrons. The van der Waals surface area contributed by atoms with Gasteiger partial charge in [0.25, 0.3) is 0 Å². The Bertz CT molecular complexity index is 381. The van der Waals surface area contributed by atoms with Gasteiger partial charge in [-0.25, -0.2) is 0 Å². The fourth-order valence-corrected chi connectivity index (χ4v) is 3.77. The van der Waals surface area contributed by atoms with Gasteiger partial charge in [0.1, 0.15) is 0 Å². The van der Waals surface area contributed by atoms with Crippen molar-refractivity contribution in [1.29, 1.82) is 0 Å². The summed E-state index contributed by atoms with van der Waals surface area (Å²) in [5.41, 5.74) is 4.04. The molecule has 2 unspecified atom stereocenters. The number of nitrogens with one attached hydrogen (secondary N) is 2. The van der Waals surface area contributed by atoms with E-state index in [9.17, 15) is 0 Å². The molecule has 2 bridgehead atoms. The van der Waals surface area contributed by atoms with Crippen LogP contribution in [-0.2, 0) is 0 Å². The lowest BCUT2D eigenvalue weighted by atomic mass is 9.85. The van der Waals surface area contributed by atoms with Gasteiger partial charge in [0.15, 0.2) is 0 Å². The third kappa shape index (κ3) is 5.41. The molecule has 2 heteroatoms. The third-order valence-electron chi connectivity index (χ3n) is 4.93. The van der Waals surface area contributed by atoms with Crippen molar-refractivity contribution in [3.63, 3.8) is 0 Å². The van der Waals surface area contributed by atoms with Gasteiger partial charge in [-0.15, -0.1) is 0 Å². The monoisotopic (exact) mass is 292 g/mol. The van der Waals surface area contributed by atoms with Crippen LogP contribution in [0.3, 0.4) is 0 Å². The van der Waals surface area contributed by atoms with E-state index < -0.39 is 0 Å². The standard InChI is InChI=1S/C19H36N2/c1-18(2,3)20-9-7-8-14-10-16-11-15(14)12-17(16)13-21-19(4,5)6/h14-15,20-21H,7-13H2,1-6H3. The number of allylic oxidation sites excluding steroid dienone is 1. The quantitative estimate of drug-likeness (QED) is 0.564. The molecule has 0 amide bonds. The first kappa shape index (κ1) is 17.0. The van der Waals surface area contributed by atoms with E-state index in [1.165, 1.54) is 38.6 Å². The molecule has 0 aromatic heterocycles. The second kappa shape index (κ2) is 6.42. The molecule has 2 aliphatic carbocycles. The Kier molecular flexibility index (Phi) is 5.20. The average molecular weight is 293 g/mol. The summed E-state index contributed by atoms with van der Waals surface area (Å²) in [5.74, 6) is 1.94. The molecule has 0 spiro atoms. The van der Waals surface area contributed by atoms with Crippen molar-refractivity contribution in [3.05, 3.63) is 11.1 Å². The molecule has 21 heavy (non-hydrogen) atoms. The van der Waals surface area contributed by atoms with Gasteiger partial charge in [-0.3, -0.25) is 0 Å². The molecule has 2 aliphatic rings. The second-order valence-electron chi connectivity index (χ2n) is 9.26. The van der Waals surface area contributed by atoms with Gasteiger partial charge in [0.05, 0.1) is 0 Å². The van der Waals surface area contributed by atoms with E-state index in [-0.39, 0.29) is 11.1 Å². The molecule has 0 aromatic carbocycles. The zero-order valence-electron chi connectivity index (χ0n) is 15.1. The Morgan fingerprint density at radius 2 is 1.57 bits per heavy atom. The van der Waals surface area contributed by atoms with E-state index in [2.05, 4.69) is 52.2 Å². The lowest BCUT2D eigenvalue weighted by Gasteiger charge is -2.26. The van der Waals surface area contributed by atoms with Gasteiger partial charge in [-0.1, -0.05) is 11.1 Å². The first-order chi connectivity index (χ1) is 9.64. The van der Waals surface area contributed by atoms with Crippen LogP contribution < -0.4 is 10.6 Å². The minimum Gasteiger partial charge on any atom is -0.312 e. The Morgan fingerprint density at radius 1 is 0.905 bits per heavy atom. The molecule has 0 saturated heterocycles. The van der Waals surface area contributed by atoms with Crippen molar-refractivity contribution in [3.8, 4) is 0 Å². The summed E-state index contributed by atoms with van der Waals surface area (Å²) in [5, 5.41) is 7.28. The molecule has 0 aliphatic heterocycles. The lowest BCUT2D eigenvalue weighted by molar-refractivity contribution is 0.332. The molecule has 2 N–H and O–H groups in total. The minimum atomic E-state index is 0.243. The van der Waals surface area contributed by atoms with Gasteiger partial charge in [0, 0.05) is 17.6 Å². The van der Waals surface area contributed by atoms with Crippen LogP contribution in [0, 0.1) is 11.8 Å². The van der Waals surface area contributed by atoms with Crippen molar-refractivity contribution < 1.29 is 0 Å². The average Bonchev–Trinajstić information content (AvgIpc) is 2.89. The van der Waals surface area contributed by atoms with Gasteiger partial charge < -0.3 is 10.6 Å². The van der Waals surface area contributed by atoms with Crippen molar-refractivity contribution in [2.45, 2.75) is 84.7 Å². The predicted octanol–water partition coefficient (Wildman–Crippen LogP) is 4.27. The highest BCUT2D eigenvalue weighted by molar-refractivity contribution is 5.28. The van der Waals surface area contributed by atoms with Crippen molar-refractivity contribution >= 4 is 0 Å². The number of hydrogen-bond acceptors (Lipinski definition) is 2. The molecule has 0 heterocycles. The van der Waals surface area contributed by atoms with Crippen LogP contribution in [0.2, 0.25) is 0 Å². The molecular formula is C19H36N2. The second-order valence-corrected chi connectivity index (χ2v) is 9.26. The molecule has 0 aromatic rings. The van der Waals surface area contributed by atoms with Gasteiger partial charge in [-0.2, -0.15) is 0 Å². The van der Waals surface area contributed by atoms with Crippen LogP contribution in [0.1, 0.15) is 73.6 Å². The zero-order valence-corrected chi connectivity index (χ0v) is 15.1. The smallest absolute Gasteiger partial charge is 0.0172 e. The van der Waals surface area contributed by atoms with Crippen molar-refractivity contribution in [1.82, 2.24) is 10.6 Å². The van der Waals surface area contributed by atoms with Crippen LogP contribution in [-0.4, -0.2) is 24.2 Å². The van der Waals surface area contributed by atoms with E-state index in [0.717, 1.165) is 18.4 Å². The highest BCUT2D eigenvalue weighted by atomic mass is 14.9. The van der Waals surface area contributed by atoms with E-state index >= 15 is 0 Å². The van der Waals surface area contributed by atoms with E-state index in [4.69, 9.17) is 0 Å². The van der Waals surface area contributed by atoms with Crippen LogP contribution >= 0.6 is 0 Å². The number of fused-ring (bicyclic) bond motifs is 2. The Hall–Kier alpha value is -0.340. The summed E-state index contributed by atoms with van der Waals surface area (Å²) in [6.07, 6.45) is 6.91. The van der Waals surface area contributed by atoms with Crippen LogP contribution in [0.25, 0.3) is 0 Å². The highest BCUT2D eigenvalue weighted by Gasteiger charge is 2.37. The maximum absolute atomic E-state index is 3.66. The summed E-state index contributed by atoms with van der Waals surface area (Å²) in [6.45, 7) is 15.8. The first-order valence-electron chi connectivity index (χ1n) is 8.84. The van der Waals surface area contributed by atoms with Crippen molar-refractivity contribution in [2.75, 3.05) is 13.1 Å². The fourth-order valence-electron chi connectivity index (χ4n) is 3.77. The van der Waals surface area contributed by atoms with Crippen LogP contribution in [0.5, 0.6) is 0 Å². The van der Waals surface area contributed by atoms with E-state index in [1.807, 2.05) is 0 Å². The normalized spacial score (nSPS) is 26.0. The molecule has 2 nitrogen and oxygen atoms in total. The van der Waals surface area contributed by atoms with Gasteiger partial charge >= 0.3 is 0 Å². The number of rotatable bonds is 6. The SMILES string of the molecule is CC(C)(C)NCCCC1CC2=C(CNC(C)(C)C)CC1C2. The Labute approximate surface area is 132 Å². The largest absolute Gasteiger partial charge is 0.312 e. The molecule has 1 saturated carbocycles. The maximum atomic E-state index is 3.66. The Morgan fingerprint density at radius 3 is 2.10 bits per heavy atom. The molecule has 1 fully saturated rings. The molecule has 2 atom stereocenters. The zero-order chi connectivity index (χ0) is 15.7. The maximum Gasteiger partial charge on any atom is 0.0172 e. The molecular weight excluding hydrogens is 256 g/mol. The minimum absolute atomic E-state index is 0.243. The fraction of sp³-hybridized carbons (Fsp3) is 0.895. The van der Waals surface area contributed by atoms with E-state index in [1.54, 1.807) is 11.1 Å². The summed E-state index contributed by atoms with van der Waals surface area (Å²) in [7, 11) is 0. The van der Waals surface area contributed by atoms with Crippen LogP contribution in [0.4, 0.5) is 0 Å². The molecule has 0 radical (unpaired) electrons. The van der Waals surface area contributed by atoms with E-state index in [0.29, 0.717) is 0 Å². The highest BCUT2D eigenvalue weighted by Crippen LogP contribution is 2.49. The topological polar surface area (TPSA) is 24.1 Å². The van der Waals surface area contributed by atoms with Crippen LogP contribution in [0.15, 0.2) is 11.1 Å².